The molecule has 2 bridgehead atoms. The number of hydrogen-bond donors (Lipinski definition) is 1. The van der Waals surface area contributed by atoms with E-state index in [1.807, 2.05) is 11.0 Å². The van der Waals surface area contributed by atoms with E-state index in [1.54, 1.807) is 29.2 Å². The van der Waals surface area contributed by atoms with Gasteiger partial charge in [-0.15, -0.1) is 0 Å². The summed E-state index contributed by atoms with van der Waals surface area (Å²) in [5.74, 6) is -1.73. The van der Waals surface area contributed by atoms with Gasteiger partial charge in [-0.05, 0) is 30.8 Å². The number of carbonyl (C=O) groups is 2. The van der Waals surface area contributed by atoms with E-state index in [0.29, 0.717) is 29.4 Å². The molecular formula is C25H18F2N6O2S. The van der Waals surface area contributed by atoms with E-state index in [4.69, 9.17) is 12.2 Å². The van der Waals surface area contributed by atoms with E-state index in [-0.39, 0.29) is 35.0 Å². The Labute approximate surface area is 209 Å². The molecule has 8 nitrogen and oxygen atoms in total. The quantitative estimate of drug-likeness (QED) is 0.433. The summed E-state index contributed by atoms with van der Waals surface area (Å²) in [5.41, 5.74) is 0.419. The van der Waals surface area contributed by atoms with Gasteiger partial charge >= 0.3 is 6.03 Å². The first-order chi connectivity index (χ1) is 17.4. The van der Waals surface area contributed by atoms with Gasteiger partial charge in [0.15, 0.2) is 5.11 Å². The van der Waals surface area contributed by atoms with Gasteiger partial charge < -0.3 is 15.1 Å². The van der Waals surface area contributed by atoms with Gasteiger partial charge in [0.2, 0.25) is 0 Å². The number of anilines is 1. The van der Waals surface area contributed by atoms with Gasteiger partial charge in [0.25, 0.3) is 5.91 Å². The van der Waals surface area contributed by atoms with Crippen LogP contribution in [0, 0.1) is 23.0 Å². The Morgan fingerprint density at radius 2 is 1.86 bits per heavy atom. The van der Waals surface area contributed by atoms with Crippen LogP contribution in [0.2, 0.25) is 0 Å². The molecule has 3 aliphatic heterocycles. The molecule has 0 aliphatic carbocycles. The van der Waals surface area contributed by atoms with Gasteiger partial charge in [-0.25, -0.2) is 23.5 Å². The van der Waals surface area contributed by atoms with Crippen LogP contribution < -0.4 is 10.2 Å². The van der Waals surface area contributed by atoms with Crippen molar-refractivity contribution in [2.24, 2.45) is 0 Å². The molecule has 3 aromatic rings. The van der Waals surface area contributed by atoms with E-state index in [2.05, 4.69) is 10.3 Å². The maximum absolute atomic E-state index is 14.0. The van der Waals surface area contributed by atoms with Crippen molar-refractivity contribution in [3.05, 3.63) is 71.6 Å². The number of nitriles is 1. The van der Waals surface area contributed by atoms with Crippen molar-refractivity contribution >= 4 is 45.7 Å². The summed E-state index contributed by atoms with van der Waals surface area (Å²) in [6.07, 6.45) is 1.95. The smallest absolute Gasteiger partial charge is 0.332 e. The van der Waals surface area contributed by atoms with E-state index < -0.39 is 29.6 Å². The predicted octanol–water partition coefficient (Wildman–Crippen LogP) is 3.05. The molecule has 3 fully saturated rings. The Morgan fingerprint density at radius 3 is 2.58 bits per heavy atom. The minimum atomic E-state index is -0.740. The number of imide groups is 1. The Hall–Kier alpha value is -4.17. The third-order valence-corrected chi connectivity index (χ3v) is 7.50. The Bertz CT molecular complexity index is 1490. The Balaban J connectivity index is 1.26. The molecule has 1 unspecified atom stereocenters. The number of nitrogens with one attached hydrogen (secondary N) is 1. The zero-order chi connectivity index (χ0) is 25.1. The van der Waals surface area contributed by atoms with Crippen molar-refractivity contribution in [3.63, 3.8) is 0 Å². The number of nitrogens with zero attached hydrogens (tertiary/aromatic N) is 5. The second-order valence-corrected chi connectivity index (χ2v) is 9.31. The number of piperazine rings is 1. The lowest BCUT2D eigenvalue weighted by Crippen LogP contribution is -2.56. The number of thiocarbonyl (C=S) groups is 1. The molecule has 4 heterocycles. The lowest BCUT2D eigenvalue weighted by atomic mass is 10.1. The number of carbonyl (C=O) groups excluding carboxylic acids is 2. The van der Waals surface area contributed by atoms with Gasteiger partial charge in [-0.2, -0.15) is 5.26 Å². The molecule has 180 valence electrons. The molecule has 0 spiro atoms. The fraction of sp³-hybridized carbons (Fsp3) is 0.240. The highest BCUT2D eigenvalue weighted by Gasteiger charge is 2.62. The van der Waals surface area contributed by atoms with Crippen LogP contribution in [0.15, 0.2) is 48.7 Å². The van der Waals surface area contributed by atoms with Crippen LogP contribution in [0.4, 0.5) is 19.3 Å². The molecule has 36 heavy (non-hydrogen) atoms. The number of benzene rings is 2. The Morgan fingerprint density at radius 1 is 1.14 bits per heavy atom. The molecule has 11 heteroatoms. The summed E-state index contributed by atoms with van der Waals surface area (Å²) in [5, 5.41) is 13.7. The van der Waals surface area contributed by atoms with Gasteiger partial charge in [0, 0.05) is 29.4 Å². The van der Waals surface area contributed by atoms with Crippen LogP contribution >= 0.6 is 12.2 Å². The summed E-state index contributed by atoms with van der Waals surface area (Å²) in [6, 6.07) is 10.9. The molecule has 1 aromatic heterocycles. The van der Waals surface area contributed by atoms with Crippen molar-refractivity contribution in [1.29, 1.82) is 5.26 Å². The fourth-order valence-corrected chi connectivity index (χ4v) is 5.81. The van der Waals surface area contributed by atoms with Crippen LogP contribution in [0.25, 0.3) is 10.8 Å². The fourth-order valence-electron chi connectivity index (χ4n) is 5.52. The van der Waals surface area contributed by atoms with E-state index >= 15 is 0 Å². The average molecular weight is 505 g/mol. The topological polar surface area (TPSA) is 92.6 Å². The highest BCUT2D eigenvalue weighted by atomic mass is 32.1. The number of pyridine rings is 1. The predicted molar refractivity (Wildman–Crippen MR) is 130 cm³/mol. The maximum Gasteiger partial charge on any atom is 0.332 e. The second kappa shape index (κ2) is 8.20. The molecule has 3 aliphatic rings. The molecule has 0 saturated carbocycles. The zero-order valence-corrected chi connectivity index (χ0v) is 19.5. The Kier molecular flexibility index (Phi) is 5.08. The molecule has 1 N–H and O–H groups in total. The number of aromatic nitrogens is 1. The molecule has 2 aromatic carbocycles. The van der Waals surface area contributed by atoms with E-state index in [9.17, 15) is 23.6 Å². The summed E-state index contributed by atoms with van der Waals surface area (Å²) < 4.78 is 28.0. The van der Waals surface area contributed by atoms with E-state index in [0.717, 1.165) is 4.90 Å². The van der Waals surface area contributed by atoms with Crippen molar-refractivity contribution in [2.45, 2.75) is 31.1 Å². The standard InChI is InChI=1S/C25H18F2N6O2S/c26-17-6-3-7-18(27)16(17)10-30-24(36)31-12-13-8-20(31)22-23(34)33(25(35)32(13)22)21-11-29-19(9-28)14-4-1-2-5-15(14)21/h1-7,11,13,20,22H,8,10,12H2,(H,30,36)/t13-,20?,22-/m1/s1. The molecular weight excluding hydrogens is 486 g/mol. The van der Waals surface area contributed by atoms with Crippen LogP contribution in [0.5, 0.6) is 0 Å². The number of likely N-dealkylation sites (tertiary alicyclic amines) is 1. The molecule has 3 saturated heterocycles. The van der Waals surface area contributed by atoms with Crippen molar-refractivity contribution in [2.75, 3.05) is 11.4 Å². The third-order valence-electron chi connectivity index (χ3n) is 7.12. The van der Waals surface area contributed by atoms with Crippen LogP contribution in [0.1, 0.15) is 17.7 Å². The molecule has 6 rings (SSSR count). The molecule has 3 amide bonds. The number of fused-ring (bicyclic) bond motifs is 6. The van der Waals surface area contributed by atoms with Gasteiger partial charge in [-0.1, -0.05) is 30.3 Å². The summed E-state index contributed by atoms with van der Waals surface area (Å²) in [4.78, 5) is 35.8. The minimum Gasteiger partial charge on any atom is -0.358 e. The third kappa shape index (κ3) is 3.14. The van der Waals surface area contributed by atoms with Crippen LogP contribution in [-0.4, -0.2) is 56.5 Å². The lowest BCUT2D eigenvalue weighted by molar-refractivity contribution is -0.120. The number of halogens is 2. The van der Waals surface area contributed by atoms with Gasteiger partial charge in [0.05, 0.1) is 24.0 Å². The van der Waals surface area contributed by atoms with E-state index in [1.165, 1.54) is 24.4 Å². The van der Waals surface area contributed by atoms with Crippen molar-refractivity contribution < 1.29 is 18.4 Å². The van der Waals surface area contributed by atoms with Crippen LogP contribution in [-0.2, 0) is 11.3 Å². The highest BCUT2D eigenvalue weighted by molar-refractivity contribution is 7.80. The number of amides is 3. The zero-order valence-electron chi connectivity index (χ0n) is 18.7. The van der Waals surface area contributed by atoms with Crippen LogP contribution in [0.3, 0.4) is 0 Å². The SMILES string of the molecule is N#Cc1ncc(N2C(=O)[C@H]3C4C[C@H](CN4C(=S)NCc4c(F)cccc4F)N3C2=O)c2ccccc12. The number of hydrogen-bond acceptors (Lipinski definition) is 5. The first-order valence-corrected chi connectivity index (χ1v) is 11.7. The first kappa shape index (κ1) is 22.3. The second-order valence-electron chi connectivity index (χ2n) is 8.93. The summed E-state index contributed by atoms with van der Waals surface area (Å²) >= 11 is 5.51. The lowest BCUT2D eigenvalue weighted by Gasteiger charge is -2.36. The summed E-state index contributed by atoms with van der Waals surface area (Å²) in [7, 11) is 0. The maximum atomic E-state index is 14.0. The molecule has 3 atom stereocenters. The highest BCUT2D eigenvalue weighted by Crippen LogP contribution is 2.43. The molecule has 0 radical (unpaired) electrons. The monoisotopic (exact) mass is 504 g/mol. The van der Waals surface area contributed by atoms with Crippen molar-refractivity contribution in [3.8, 4) is 6.07 Å². The largest absolute Gasteiger partial charge is 0.358 e. The normalized spacial score (nSPS) is 22.4. The van der Waals surface area contributed by atoms with Gasteiger partial charge in [0.1, 0.15) is 29.4 Å². The summed E-state index contributed by atoms with van der Waals surface area (Å²) in [6.45, 7) is 0.271. The number of rotatable bonds is 3. The van der Waals surface area contributed by atoms with Gasteiger partial charge in [-0.3, -0.25) is 4.79 Å². The number of urea groups is 1. The van der Waals surface area contributed by atoms with Crippen molar-refractivity contribution in [1.82, 2.24) is 20.1 Å². The average Bonchev–Trinajstić information content (AvgIpc) is 3.54. The first-order valence-electron chi connectivity index (χ1n) is 11.3. The minimum absolute atomic E-state index is 0.121.